The van der Waals surface area contributed by atoms with Crippen LogP contribution in [0.1, 0.15) is 44.7 Å². The van der Waals surface area contributed by atoms with Gasteiger partial charge in [0, 0.05) is 19.6 Å². The van der Waals surface area contributed by atoms with E-state index in [2.05, 4.69) is 12.2 Å². The van der Waals surface area contributed by atoms with Crippen LogP contribution in [0.2, 0.25) is 0 Å². The molecule has 2 aliphatic heterocycles. The normalized spacial score (nSPS) is 25.1. The molecule has 1 saturated carbocycles. The third kappa shape index (κ3) is 5.62. The molecule has 0 unspecified atom stereocenters. The fraction of sp³-hybridized carbons (Fsp3) is 0.615. The molecule has 0 spiro atoms. The Balaban J connectivity index is 1.42. The zero-order valence-corrected chi connectivity index (χ0v) is 20.1. The highest BCUT2D eigenvalue weighted by molar-refractivity contribution is 5.72. The van der Waals surface area contributed by atoms with Crippen LogP contribution in [-0.4, -0.2) is 61.8 Å². The van der Waals surface area contributed by atoms with Crippen molar-refractivity contribution in [3.63, 3.8) is 0 Å². The molecule has 3 aliphatic rings. The number of anilines is 1. The van der Waals surface area contributed by atoms with Crippen LogP contribution in [0.3, 0.4) is 0 Å². The van der Waals surface area contributed by atoms with Crippen LogP contribution in [0.4, 0.5) is 5.95 Å². The lowest BCUT2D eigenvalue weighted by atomic mass is 9.87. The fourth-order valence-electron chi connectivity index (χ4n) is 4.69. The molecule has 3 heterocycles. The van der Waals surface area contributed by atoms with Crippen LogP contribution in [0.15, 0.2) is 24.3 Å². The number of hydrogen-bond donors (Lipinski definition) is 1. The number of nitrogens with zero attached hydrogens (tertiary/aromatic N) is 2. The van der Waals surface area contributed by atoms with Gasteiger partial charge in [0.25, 0.3) is 0 Å². The van der Waals surface area contributed by atoms with E-state index >= 15 is 0 Å². The summed E-state index contributed by atoms with van der Waals surface area (Å²) in [6.45, 7) is 5.23. The third-order valence-corrected chi connectivity index (χ3v) is 6.80. The number of benzene rings is 1. The summed E-state index contributed by atoms with van der Waals surface area (Å²) >= 11 is 0. The molecule has 8 nitrogen and oxygen atoms in total. The quantitative estimate of drug-likeness (QED) is 0.584. The SMILES string of the molecule is COCc1nc(N[C@H]2CC[C@@H](C)CC2)nc(OC2COC2)c1-c1ccc(O[C@H]2CCOC2)cc1. The molecule has 3 fully saturated rings. The van der Waals surface area contributed by atoms with E-state index < -0.39 is 0 Å². The lowest BCUT2D eigenvalue weighted by Gasteiger charge is -2.29. The molecule has 5 rings (SSSR count). The fourth-order valence-corrected chi connectivity index (χ4v) is 4.69. The summed E-state index contributed by atoms with van der Waals surface area (Å²) < 4.78 is 28.6. The molecular weight excluding hydrogens is 434 g/mol. The topological polar surface area (TPSA) is 84.0 Å². The average Bonchev–Trinajstić information content (AvgIpc) is 3.32. The van der Waals surface area contributed by atoms with Crippen molar-refractivity contribution in [2.75, 3.05) is 38.9 Å². The molecule has 1 aliphatic carbocycles. The maximum atomic E-state index is 6.29. The largest absolute Gasteiger partial charge is 0.488 e. The van der Waals surface area contributed by atoms with Crippen molar-refractivity contribution in [1.29, 1.82) is 0 Å². The number of rotatable bonds is 9. The Hall–Kier alpha value is -2.42. The third-order valence-electron chi connectivity index (χ3n) is 6.80. The molecule has 1 N–H and O–H groups in total. The standard InChI is InChI=1S/C26H35N3O5/c1-17-3-7-19(8-4-17)27-26-28-23(16-30-2)24(25(29-26)34-22-14-32-15-22)18-5-9-20(10-6-18)33-21-11-12-31-13-21/h5-6,9-10,17,19,21-22H,3-4,7-8,11-16H2,1-2H3,(H,27,28,29)/t17-,19+,21-/m0/s1. The molecule has 1 aromatic heterocycles. The molecule has 2 aromatic rings. The summed E-state index contributed by atoms with van der Waals surface area (Å²) in [7, 11) is 1.68. The molecule has 0 bridgehead atoms. The minimum Gasteiger partial charge on any atom is -0.488 e. The molecule has 184 valence electrons. The summed E-state index contributed by atoms with van der Waals surface area (Å²) in [5.74, 6) is 2.79. The molecule has 34 heavy (non-hydrogen) atoms. The van der Waals surface area contributed by atoms with Crippen molar-refractivity contribution in [3.8, 4) is 22.8 Å². The van der Waals surface area contributed by atoms with Crippen LogP contribution < -0.4 is 14.8 Å². The van der Waals surface area contributed by atoms with Gasteiger partial charge in [0.05, 0.1) is 44.3 Å². The Labute approximate surface area is 201 Å². The van der Waals surface area contributed by atoms with Gasteiger partial charge in [-0.25, -0.2) is 4.98 Å². The van der Waals surface area contributed by atoms with Crippen LogP contribution in [0, 0.1) is 5.92 Å². The Kier molecular flexibility index (Phi) is 7.47. The van der Waals surface area contributed by atoms with Crippen molar-refractivity contribution in [2.45, 2.75) is 63.9 Å². The molecule has 0 amide bonds. The highest BCUT2D eigenvalue weighted by Crippen LogP contribution is 2.36. The Bertz CT molecular complexity index is 936. The number of aromatic nitrogens is 2. The minimum absolute atomic E-state index is 0.00241. The Morgan fingerprint density at radius 2 is 1.68 bits per heavy atom. The molecule has 1 aromatic carbocycles. The maximum absolute atomic E-state index is 6.29. The van der Waals surface area contributed by atoms with Crippen molar-refractivity contribution < 1.29 is 23.7 Å². The van der Waals surface area contributed by atoms with Crippen LogP contribution in [0.5, 0.6) is 11.6 Å². The molecule has 2 saturated heterocycles. The number of hydrogen-bond acceptors (Lipinski definition) is 8. The monoisotopic (exact) mass is 469 g/mol. The second-order valence-electron chi connectivity index (χ2n) is 9.61. The van der Waals surface area contributed by atoms with Gasteiger partial charge in [-0.1, -0.05) is 19.1 Å². The summed E-state index contributed by atoms with van der Waals surface area (Å²) in [4.78, 5) is 9.69. The molecular formula is C26H35N3O5. The first-order valence-corrected chi connectivity index (χ1v) is 12.4. The molecule has 8 heteroatoms. The molecule has 0 radical (unpaired) electrons. The van der Waals surface area contributed by atoms with E-state index in [0.29, 0.717) is 44.3 Å². The van der Waals surface area contributed by atoms with E-state index in [1.54, 1.807) is 7.11 Å². The van der Waals surface area contributed by atoms with Gasteiger partial charge >= 0.3 is 0 Å². The van der Waals surface area contributed by atoms with Gasteiger partial charge in [-0.2, -0.15) is 4.98 Å². The van der Waals surface area contributed by atoms with Crippen molar-refractivity contribution in [2.24, 2.45) is 5.92 Å². The first-order chi connectivity index (χ1) is 16.7. The maximum Gasteiger partial charge on any atom is 0.227 e. The van der Waals surface area contributed by atoms with Crippen molar-refractivity contribution in [1.82, 2.24) is 9.97 Å². The van der Waals surface area contributed by atoms with Crippen LogP contribution in [-0.2, 0) is 20.8 Å². The smallest absolute Gasteiger partial charge is 0.227 e. The first kappa shape index (κ1) is 23.3. The predicted octanol–water partition coefficient (Wildman–Crippen LogP) is 4.23. The summed E-state index contributed by atoms with van der Waals surface area (Å²) in [6.07, 6.45) is 5.75. The summed E-state index contributed by atoms with van der Waals surface area (Å²) in [5.41, 5.74) is 2.62. The highest BCUT2D eigenvalue weighted by Gasteiger charge is 2.27. The zero-order valence-electron chi connectivity index (χ0n) is 20.1. The number of methoxy groups -OCH3 is 1. The van der Waals surface area contributed by atoms with Gasteiger partial charge in [-0.15, -0.1) is 0 Å². The number of ether oxygens (including phenoxy) is 5. The summed E-state index contributed by atoms with van der Waals surface area (Å²) in [5, 5.41) is 3.56. The number of nitrogens with one attached hydrogen (secondary N) is 1. The van der Waals surface area contributed by atoms with E-state index in [-0.39, 0.29) is 12.2 Å². The Morgan fingerprint density at radius 1 is 0.912 bits per heavy atom. The average molecular weight is 470 g/mol. The van der Waals surface area contributed by atoms with Gasteiger partial charge in [0.2, 0.25) is 11.8 Å². The van der Waals surface area contributed by atoms with Crippen molar-refractivity contribution in [3.05, 3.63) is 30.0 Å². The van der Waals surface area contributed by atoms with Gasteiger partial charge in [0.15, 0.2) is 0 Å². The van der Waals surface area contributed by atoms with Crippen LogP contribution in [0.25, 0.3) is 11.1 Å². The van der Waals surface area contributed by atoms with Crippen molar-refractivity contribution >= 4 is 5.95 Å². The second kappa shape index (κ2) is 10.9. The highest BCUT2D eigenvalue weighted by atomic mass is 16.6. The van der Waals surface area contributed by atoms with Gasteiger partial charge in [0.1, 0.15) is 18.0 Å². The van der Waals surface area contributed by atoms with E-state index in [9.17, 15) is 0 Å². The predicted molar refractivity (Wildman–Crippen MR) is 128 cm³/mol. The van der Waals surface area contributed by atoms with Gasteiger partial charge in [-0.3, -0.25) is 0 Å². The summed E-state index contributed by atoms with van der Waals surface area (Å²) in [6, 6.07) is 8.41. The molecule has 1 atom stereocenters. The minimum atomic E-state index is -0.00241. The Morgan fingerprint density at radius 3 is 2.32 bits per heavy atom. The lowest BCUT2D eigenvalue weighted by Crippen LogP contribution is -2.39. The van der Waals surface area contributed by atoms with E-state index in [1.165, 1.54) is 12.8 Å². The van der Waals surface area contributed by atoms with E-state index in [1.807, 2.05) is 24.3 Å². The lowest BCUT2D eigenvalue weighted by molar-refractivity contribution is -0.0811. The second-order valence-corrected chi connectivity index (χ2v) is 9.61. The van der Waals surface area contributed by atoms with Gasteiger partial charge in [-0.05, 0) is 49.3 Å². The first-order valence-electron chi connectivity index (χ1n) is 12.4. The van der Waals surface area contributed by atoms with Crippen LogP contribution >= 0.6 is 0 Å². The zero-order chi connectivity index (χ0) is 23.3. The van der Waals surface area contributed by atoms with E-state index in [4.69, 9.17) is 33.7 Å². The van der Waals surface area contributed by atoms with Gasteiger partial charge < -0.3 is 29.0 Å². The van der Waals surface area contributed by atoms with E-state index in [0.717, 1.165) is 54.4 Å².